The third-order valence-electron chi connectivity index (χ3n) is 4.83. The van der Waals surface area contributed by atoms with Crippen LogP contribution in [0, 0.1) is 0 Å². The highest BCUT2D eigenvalue weighted by molar-refractivity contribution is 7.17. The Bertz CT molecular complexity index is 943. The maximum absolute atomic E-state index is 12.0. The summed E-state index contributed by atoms with van der Waals surface area (Å²) in [5.74, 6) is 1.52. The summed E-state index contributed by atoms with van der Waals surface area (Å²) < 4.78 is 12.3. The van der Waals surface area contributed by atoms with Gasteiger partial charge in [0.25, 0.3) is 0 Å². The molecule has 4 rings (SSSR count). The lowest BCUT2D eigenvalue weighted by Gasteiger charge is -2.37. The van der Waals surface area contributed by atoms with Gasteiger partial charge in [-0.25, -0.2) is 9.78 Å². The van der Waals surface area contributed by atoms with Gasteiger partial charge in [0.05, 0.1) is 17.7 Å². The molecule has 1 atom stereocenters. The summed E-state index contributed by atoms with van der Waals surface area (Å²) in [6.45, 7) is 6.52. The van der Waals surface area contributed by atoms with Gasteiger partial charge >= 0.3 is 6.09 Å². The van der Waals surface area contributed by atoms with Gasteiger partial charge in [0.2, 0.25) is 10.8 Å². The zero-order valence-electron chi connectivity index (χ0n) is 15.9. The van der Waals surface area contributed by atoms with Crippen molar-refractivity contribution >= 4 is 22.4 Å². The first-order valence-electron chi connectivity index (χ1n) is 9.38. The molecule has 1 aliphatic rings. The standard InChI is InChI=1S/C18H23N5O4S/c1-3-13-19-17-23(20-13)16(24)15(28-17)14(12-6-5-11-27-12)21-7-9-22(10-8-21)18(25)26-4-2/h5-6,11,14,24H,3-4,7-10H2,1-2H3/t14-/m0/s1. The van der Waals surface area contributed by atoms with Gasteiger partial charge in [-0.1, -0.05) is 18.3 Å². The number of aromatic nitrogens is 3. The molecule has 1 amide bonds. The number of furan rings is 1. The van der Waals surface area contributed by atoms with Gasteiger partial charge in [-0.15, -0.1) is 5.10 Å². The number of hydrogen-bond donors (Lipinski definition) is 1. The van der Waals surface area contributed by atoms with E-state index >= 15 is 0 Å². The maximum atomic E-state index is 12.0. The number of carbonyl (C=O) groups is 1. The molecular formula is C18H23N5O4S. The molecule has 4 heterocycles. The summed E-state index contributed by atoms with van der Waals surface area (Å²) in [5, 5.41) is 15.2. The van der Waals surface area contributed by atoms with E-state index in [0.29, 0.717) is 50.0 Å². The van der Waals surface area contributed by atoms with Crippen molar-refractivity contribution < 1.29 is 19.1 Å². The Morgan fingerprint density at radius 2 is 2.14 bits per heavy atom. The van der Waals surface area contributed by atoms with Crippen LogP contribution in [0.2, 0.25) is 0 Å². The Kier molecular flexibility index (Phi) is 5.23. The Hall–Kier alpha value is -2.59. The van der Waals surface area contributed by atoms with E-state index in [0.717, 1.165) is 10.6 Å². The van der Waals surface area contributed by atoms with Gasteiger partial charge in [0.15, 0.2) is 5.82 Å². The predicted molar refractivity (Wildman–Crippen MR) is 103 cm³/mol. The molecule has 0 saturated carbocycles. The number of amides is 1. The van der Waals surface area contributed by atoms with Gasteiger partial charge in [-0.2, -0.15) is 4.52 Å². The first-order chi connectivity index (χ1) is 13.6. The van der Waals surface area contributed by atoms with E-state index in [1.54, 1.807) is 18.1 Å². The topological polar surface area (TPSA) is 96.3 Å². The summed E-state index contributed by atoms with van der Waals surface area (Å²) in [7, 11) is 0. The van der Waals surface area contributed by atoms with Crippen LogP contribution in [0.5, 0.6) is 5.88 Å². The zero-order valence-corrected chi connectivity index (χ0v) is 16.7. The van der Waals surface area contributed by atoms with E-state index < -0.39 is 0 Å². The quantitative estimate of drug-likeness (QED) is 0.697. The Morgan fingerprint density at radius 1 is 1.36 bits per heavy atom. The molecule has 0 unspecified atom stereocenters. The monoisotopic (exact) mass is 405 g/mol. The second kappa shape index (κ2) is 7.80. The van der Waals surface area contributed by atoms with Gasteiger partial charge in [-0.3, -0.25) is 4.90 Å². The summed E-state index contributed by atoms with van der Waals surface area (Å²) in [6.07, 6.45) is 2.05. The molecular weight excluding hydrogens is 382 g/mol. The molecule has 1 saturated heterocycles. The second-order valence-corrected chi connectivity index (χ2v) is 7.51. The van der Waals surface area contributed by atoms with Crippen LogP contribution in [0.4, 0.5) is 4.79 Å². The Balaban J connectivity index is 1.62. The average Bonchev–Trinajstić information content (AvgIpc) is 3.42. The highest BCUT2D eigenvalue weighted by Crippen LogP contribution is 2.40. The van der Waals surface area contributed by atoms with Crippen molar-refractivity contribution in [1.82, 2.24) is 24.4 Å². The lowest BCUT2D eigenvalue weighted by atomic mass is 10.1. The van der Waals surface area contributed by atoms with Gasteiger partial charge in [-0.05, 0) is 19.1 Å². The number of rotatable bonds is 5. The van der Waals surface area contributed by atoms with Gasteiger partial charge < -0.3 is 19.2 Å². The first-order valence-corrected chi connectivity index (χ1v) is 10.2. The second-order valence-electron chi connectivity index (χ2n) is 6.51. The summed E-state index contributed by atoms with van der Waals surface area (Å²) >= 11 is 1.41. The normalized spacial score (nSPS) is 16.6. The van der Waals surface area contributed by atoms with Crippen LogP contribution >= 0.6 is 11.3 Å². The zero-order chi connectivity index (χ0) is 19.7. The van der Waals surface area contributed by atoms with Crippen molar-refractivity contribution in [2.45, 2.75) is 26.3 Å². The Morgan fingerprint density at radius 3 is 2.75 bits per heavy atom. The summed E-state index contributed by atoms with van der Waals surface area (Å²) in [6, 6.07) is 3.47. The lowest BCUT2D eigenvalue weighted by molar-refractivity contribution is 0.0686. The number of fused-ring (bicyclic) bond motifs is 1. The third kappa shape index (κ3) is 3.33. The largest absolute Gasteiger partial charge is 0.492 e. The molecule has 150 valence electrons. The van der Waals surface area contributed by atoms with E-state index in [1.807, 2.05) is 19.1 Å². The number of piperazine rings is 1. The minimum Gasteiger partial charge on any atom is -0.492 e. The number of aryl methyl sites for hydroxylation is 1. The minimum atomic E-state index is -0.287. The third-order valence-corrected chi connectivity index (χ3v) is 5.90. The molecule has 1 fully saturated rings. The predicted octanol–water partition coefficient (Wildman–Crippen LogP) is 2.52. The van der Waals surface area contributed by atoms with Gasteiger partial charge in [0.1, 0.15) is 11.8 Å². The van der Waals surface area contributed by atoms with E-state index in [2.05, 4.69) is 15.0 Å². The fourth-order valence-electron chi connectivity index (χ4n) is 3.42. The van der Waals surface area contributed by atoms with Crippen molar-refractivity contribution in [3.05, 3.63) is 34.9 Å². The number of aromatic hydroxyl groups is 1. The van der Waals surface area contributed by atoms with Gasteiger partial charge in [0, 0.05) is 32.6 Å². The molecule has 0 aromatic carbocycles. The van der Waals surface area contributed by atoms with Crippen LogP contribution in [0.3, 0.4) is 0 Å². The van der Waals surface area contributed by atoms with Crippen molar-refractivity contribution in [2.24, 2.45) is 0 Å². The van der Waals surface area contributed by atoms with E-state index in [4.69, 9.17) is 9.15 Å². The summed E-state index contributed by atoms with van der Waals surface area (Å²) in [5.41, 5.74) is 0. The van der Waals surface area contributed by atoms with E-state index in [1.165, 1.54) is 15.9 Å². The highest BCUT2D eigenvalue weighted by atomic mass is 32.1. The first kappa shape index (κ1) is 18.8. The van der Waals surface area contributed by atoms with Crippen LogP contribution in [0.25, 0.3) is 4.96 Å². The number of carbonyl (C=O) groups excluding carboxylic acids is 1. The average molecular weight is 405 g/mol. The summed E-state index contributed by atoms with van der Waals surface area (Å²) in [4.78, 5) is 21.7. The number of ether oxygens (including phenoxy) is 1. The molecule has 0 aliphatic carbocycles. The molecule has 1 N–H and O–H groups in total. The molecule has 10 heteroatoms. The van der Waals surface area contributed by atoms with Crippen molar-refractivity contribution in [3.8, 4) is 5.88 Å². The smallest absolute Gasteiger partial charge is 0.409 e. The molecule has 9 nitrogen and oxygen atoms in total. The molecule has 0 radical (unpaired) electrons. The van der Waals surface area contributed by atoms with Crippen LogP contribution in [0.15, 0.2) is 22.8 Å². The molecule has 3 aromatic heterocycles. The number of hydrogen-bond acceptors (Lipinski definition) is 8. The van der Waals surface area contributed by atoms with Crippen molar-refractivity contribution in [1.29, 1.82) is 0 Å². The molecule has 0 bridgehead atoms. The van der Waals surface area contributed by atoms with Crippen molar-refractivity contribution in [2.75, 3.05) is 32.8 Å². The molecule has 0 spiro atoms. The fraction of sp³-hybridized carbons (Fsp3) is 0.500. The minimum absolute atomic E-state index is 0.0847. The SMILES string of the molecule is CCOC(=O)N1CCN([C@@H](c2ccco2)c2sc3nc(CC)nn3c2O)CC1. The van der Waals surface area contributed by atoms with Crippen molar-refractivity contribution in [3.63, 3.8) is 0 Å². The van der Waals surface area contributed by atoms with E-state index in [-0.39, 0.29) is 18.0 Å². The molecule has 3 aromatic rings. The number of thiazole rings is 1. The lowest BCUT2D eigenvalue weighted by Crippen LogP contribution is -2.49. The van der Waals surface area contributed by atoms with Crippen LogP contribution in [0.1, 0.15) is 36.4 Å². The maximum Gasteiger partial charge on any atom is 0.409 e. The molecule has 1 aliphatic heterocycles. The van der Waals surface area contributed by atoms with Crippen LogP contribution < -0.4 is 0 Å². The Labute approximate surface area is 166 Å². The van der Waals surface area contributed by atoms with E-state index in [9.17, 15) is 9.90 Å². The molecule has 28 heavy (non-hydrogen) atoms. The van der Waals surface area contributed by atoms with Crippen LogP contribution in [-0.4, -0.2) is 68.4 Å². The highest BCUT2D eigenvalue weighted by Gasteiger charge is 2.34. The van der Waals surface area contributed by atoms with Crippen LogP contribution in [-0.2, 0) is 11.2 Å². The fourth-order valence-corrected chi connectivity index (χ4v) is 4.53. The number of nitrogens with zero attached hydrogens (tertiary/aromatic N) is 5.